The molecule has 0 bridgehead atoms. The Balaban J connectivity index is 3.00. The van der Waals surface area contributed by atoms with Gasteiger partial charge in [0.1, 0.15) is 16.6 Å². The SMILES string of the molecule is O=C(O)C=Cc1nc(Cl)ccc1O. The first kappa shape index (κ1) is 9.54. The zero-order valence-electron chi connectivity index (χ0n) is 6.44. The van der Waals surface area contributed by atoms with Crippen LogP contribution >= 0.6 is 11.6 Å². The Morgan fingerprint density at radius 3 is 2.85 bits per heavy atom. The first-order chi connectivity index (χ1) is 6.09. The van der Waals surface area contributed by atoms with Crippen molar-refractivity contribution in [3.05, 3.63) is 29.1 Å². The van der Waals surface area contributed by atoms with E-state index in [1.54, 1.807) is 0 Å². The van der Waals surface area contributed by atoms with Crippen LogP contribution in [-0.4, -0.2) is 21.2 Å². The van der Waals surface area contributed by atoms with Crippen LogP contribution in [0.5, 0.6) is 5.75 Å². The van der Waals surface area contributed by atoms with Gasteiger partial charge < -0.3 is 10.2 Å². The number of aliphatic carboxylic acids is 1. The van der Waals surface area contributed by atoms with Gasteiger partial charge in [0.05, 0.1) is 0 Å². The van der Waals surface area contributed by atoms with Crippen LogP contribution in [0.25, 0.3) is 6.08 Å². The number of aromatic hydroxyl groups is 1. The predicted molar refractivity (Wildman–Crippen MR) is 47.6 cm³/mol. The van der Waals surface area contributed by atoms with E-state index >= 15 is 0 Å². The molecule has 1 aromatic heterocycles. The number of carboxylic acids is 1. The number of carbonyl (C=O) groups is 1. The lowest BCUT2D eigenvalue weighted by Gasteiger charge is -1.96. The van der Waals surface area contributed by atoms with Crippen LogP contribution in [0.4, 0.5) is 0 Å². The summed E-state index contributed by atoms with van der Waals surface area (Å²) in [5.41, 5.74) is 0.134. The highest BCUT2D eigenvalue weighted by atomic mass is 35.5. The Morgan fingerprint density at radius 1 is 1.54 bits per heavy atom. The molecule has 1 heterocycles. The van der Waals surface area contributed by atoms with Crippen LogP contribution in [0.2, 0.25) is 5.15 Å². The van der Waals surface area contributed by atoms with E-state index in [2.05, 4.69) is 4.98 Å². The molecule has 1 rings (SSSR count). The first-order valence-electron chi connectivity index (χ1n) is 3.36. The largest absolute Gasteiger partial charge is 0.506 e. The summed E-state index contributed by atoms with van der Waals surface area (Å²) < 4.78 is 0. The average Bonchev–Trinajstić information content (AvgIpc) is 2.06. The van der Waals surface area contributed by atoms with Crippen molar-refractivity contribution < 1.29 is 15.0 Å². The Morgan fingerprint density at radius 2 is 2.23 bits per heavy atom. The Labute approximate surface area is 79.1 Å². The summed E-state index contributed by atoms with van der Waals surface area (Å²) >= 11 is 5.53. The summed E-state index contributed by atoms with van der Waals surface area (Å²) in [7, 11) is 0. The van der Waals surface area contributed by atoms with E-state index in [0.29, 0.717) is 0 Å². The second kappa shape index (κ2) is 3.91. The molecule has 0 spiro atoms. The van der Waals surface area contributed by atoms with Gasteiger partial charge in [-0.2, -0.15) is 0 Å². The first-order valence-corrected chi connectivity index (χ1v) is 3.74. The third-order valence-corrected chi connectivity index (χ3v) is 1.46. The quantitative estimate of drug-likeness (QED) is 0.560. The highest BCUT2D eigenvalue weighted by Crippen LogP contribution is 2.18. The van der Waals surface area contributed by atoms with Crippen LogP contribution < -0.4 is 0 Å². The van der Waals surface area contributed by atoms with Crippen molar-refractivity contribution in [1.82, 2.24) is 4.98 Å². The van der Waals surface area contributed by atoms with Crippen molar-refractivity contribution in [3.63, 3.8) is 0 Å². The number of nitrogens with zero attached hydrogens (tertiary/aromatic N) is 1. The summed E-state index contributed by atoms with van der Waals surface area (Å²) in [6.45, 7) is 0. The molecule has 0 unspecified atom stereocenters. The summed E-state index contributed by atoms with van der Waals surface area (Å²) in [6, 6.07) is 2.76. The van der Waals surface area contributed by atoms with Crippen molar-refractivity contribution in [2.75, 3.05) is 0 Å². The van der Waals surface area contributed by atoms with Gasteiger partial charge in [-0.25, -0.2) is 9.78 Å². The fourth-order valence-corrected chi connectivity index (χ4v) is 0.870. The molecule has 0 aliphatic rings. The number of pyridine rings is 1. The Kier molecular flexibility index (Phi) is 2.87. The van der Waals surface area contributed by atoms with Crippen LogP contribution in [0.15, 0.2) is 18.2 Å². The van der Waals surface area contributed by atoms with Gasteiger partial charge in [-0.05, 0) is 18.2 Å². The lowest BCUT2D eigenvalue weighted by Crippen LogP contribution is -1.88. The molecule has 2 N–H and O–H groups in total. The molecule has 13 heavy (non-hydrogen) atoms. The van der Waals surface area contributed by atoms with Crippen molar-refractivity contribution in [1.29, 1.82) is 0 Å². The normalized spacial score (nSPS) is 10.5. The molecule has 0 saturated carbocycles. The predicted octanol–water partition coefficient (Wildman–Crippen LogP) is 1.54. The van der Waals surface area contributed by atoms with Gasteiger partial charge >= 0.3 is 5.97 Å². The van der Waals surface area contributed by atoms with Gasteiger partial charge in [-0.3, -0.25) is 0 Å². The maximum absolute atomic E-state index is 10.1. The van der Waals surface area contributed by atoms with Crippen LogP contribution in [0, 0.1) is 0 Å². The lowest BCUT2D eigenvalue weighted by atomic mass is 10.3. The van der Waals surface area contributed by atoms with Crippen LogP contribution in [0.3, 0.4) is 0 Å². The average molecular weight is 200 g/mol. The fourth-order valence-electron chi connectivity index (χ4n) is 0.716. The third kappa shape index (κ3) is 2.76. The van der Waals surface area contributed by atoms with E-state index in [0.717, 1.165) is 6.08 Å². The monoisotopic (exact) mass is 199 g/mol. The molecule has 1 aromatic rings. The molecule has 0 saturated heterocycles. The van der Waals surface area contributed by atoms with E-state index in [-0.39, 0.29) is 16.6 Å². The van der Waals surface area contributed by atoms with Crippen molar-refractivity contribution >= 4 is 23.6 Å². The summed E-state index contributed by atoms with van der Waals surface area (Å²) in [5.74, 6) is -1.22. The molecule has 5 heteroatoms. The van der Waals surface area contributed by atoms with Crippen LogP contribution in [0.1, 0.15) is 5.69 Å². The molecule has 4 nitrogen and oxygen atoms in total. The zero-order chi connectivity index (χ0) is 9.84. The summed E-state index contributed by atoms with van der Waals surface area (Å²) in [6.07, 6.45) is 2.04. The van der Waals surface area contributed by atoms with Crippen molar-refractivity contribution in [2.45, 2.75) is 0 Å². The second-order valence-electron chi connectivity index (χ2n) is 2.21. The van der Waals surface area contributed by atoms with E-state index in [1.165, 1.54) is 18.2 Å². The minimum absolute atomic E-state index is 0.109. The molecule has 68 valence electrons. The fraction of sp³-hybridized carbons (Fsp3) is 0. The minimum Gasteiger partial charge on any atom is -0.506 e. The Bertz CT molecular complexity index is 362. The van der Waals surface area contributed by atoms with Gasteiger partial charge in [0.25, 0.3) is 0 Å². The van der Waals surface area contributed by atoms with Gasteiger partial charge in [-0.1, -0.05) is 11.6 Å². The molecular weight excluding hydrogens is 194 g/mol. The van der Waals surface area contributed by atoms with Gasteiger partial charge in [-0.15, -0.1) is 0 Å². The van der Waals surface area contributed by atoms with E-state index in [4.69, 9.17) is 16.7 Å². The van der Waals surface area contributed by atoms with Gasteiger partial charge in [0, 0.05) is 6.08 Å². The molecule has 0 radical (unpaired) electrons. The number of halogens is 1. The minimum atomic E-state index is -1.11. The molecule has 0 fully saturated rings. The summed E-state index contributed by atoms with van der Waals surface area (Å²) in [4.78, 5) is 13.8. The molecule has 0 amide bonds. The van der Waals surface area contributed by atoms with Gasteiger partial charge in [0.2, 0.25) is 0 Å². The van der Waals surface area contributed by atoms with Crippen LogP contribution in [-0.2, 0) is 4.79 Å². The lowest BCUT2D eigenvalue weighted by molar-refractivity contribution is -0.131. The number of rotatable bonds is 2. The number of carboxylic acid groups (broad SMARTS) is 1. The Hall–Kier alpha value is -1.55. The third-order valence-electron chi connectivity index (χ3n) is 1.25. The summed E-state index contributed by atoms with van der Waals surface area (Å²) in [5, 5.41) is 17.7. The van der Waals surface area contributed by atoms with Crippen molar-refractivity contribution in [2.24, 2.45) is 0 Å². The van der Waals surface area contributed by atoms with Gasteiger partial charge in [0.15, 0.2) is 0 Å². The molecular formula is C8H6ClNO3. The maximum atomic E-state index is 10.1. The smallest absolute Gasteiger partial charge is 0.328 e. The van der Waals surface area contributed by atoms with E-state index in [1.807, 2.05) is 0 Å². The van der Waals surface area contributed by atoms with E-state index in [9.17, 15) is 9.90 Å². The highest BCUT2D eigenvalue weighted by Gasteiger charge is 2.00. The number of hydrogen-bond acceptors (Lipinski definition) is 3. The van der Waals surface area contributed by atoms with Crippen molar-refractivity contribution in [3.8, 4) is 5.75 Å². The maximum Gasteiger partial charge on any atom is 0.328 e. The number of aromatic nitrogens is 1. The van der Waals surface area contributed by atoms with E-state index < -0.39 is 5.97 Å². The molecule has 0 aliphatic heterocycles. The second-order valence-corrected chi connectivity index (χ2v) is 2.60. The molecule has 0 aliphatic carbocycles. The number of hydrogen-bond donors (Lipinski definition) is 2. The highest BCUT2D eigenvalue weighted by molar-refractivity contribution is 6.29. The molecule has 0 atom stereocenters. The zero-order valence-corrected chi connectivity index (χ0v) is 7.19. The molecule has 0 aromatic carbocycles. The topological polar surface area (TPSA) is 70.4 Å². The standard InChI is InChI=1S/C8H6ClNO3/c9-7-3-2-6(11)5(10-7)1-4-8(12)13/h1-4,11H,(H,12,13).